The summed E-state index contributed by atoms with van der Waals surface area (Å²) >= 11 is 0. The number of rotatable bonds is 6. The van der Waals surface area contributed by atoms with Crippen LogP contribution in [0.4, 0.5) is 5.69 Å². The molecule has 4 rings (SSSR count). The molecule has 3 nitrogen and oxygen atoms in total. The van der Waals surface area contributed by atoms with Gasteiger partial charge in [-0.2, -0.15) is 0 Å². The molecule has 0 saturated heterocycles. The summed E-state index contributed by atoms with van der Waals surface area (Å²) in [5, 5.41) is 5.33. The van der Waals surface area contributed by atoms with E-state index in [2.05, 4.69) is 55.6 Å². The van der Waals surface area contributed by atoms with Crippen LogP contribution in [0.15, 0.2) is 60.7 Å². The van der Waals surface area contributed by atoms with Crippen molar-refractivity contribution in [1.29, 1.82) is 0 Å². The molecule has 150 valence electrons. The Labute approximate surface area is 173 Å². The van der Waals surface area contributed by atoms with E-state index in [1.165, 1.54) is 5.56 Å². The largest absolute Gasteiger partial charge is 0.493 e. The van der Waals surface area contributed by atoms with Crippen LogP contribution in [0.3, 0.4) is 0 Å². The van der Waals surface area contributed by atoms with Crippen molar-refractivity contribution in [3.63, 3.8) is 0 Å². The Hall–Kier alpha value is -2.81. The average Bonchev–Trinajstić information content (AvgIpc) is 3.24. The zero-order chi connectivity index (χ0) is 20.3. The molecular formula is C26H29NO2. The van der Waals surface area contributed by atoms with Gasteiger partial charge in [0.2, 0.25) is 5.91 Å². The smallest absolute Gasteiger partial charge is 0.235 e. The van der Waals surface area contributed by atoms with Crippen LogP contribution in [0.5, 0.6) is 5.75 Å². The number of benzene rings is 3. The summed E-state index contributed by atoms with van der Waals surface area (Å²) in [6.45, 7) is 4.88. The van der Waals surface area contributed by atoms with Crippen molar-refractivity contribution < 1.29 is 9.53 Å². The van der Waals surface area contributed by atoms with Crippen LogP contribution in [0, 0.1) is 6.92 Å². The molecule has 0 atom stereocenters. The van der Waals surface area contributed by atoms with Gasteiger partial charge in [-0.05, 0) is 43.9 Å². The highest BCUT2D eigenvalue weighted by Crippen LogP contribution is 2.43. The lowest BCUT2D eigenvalue weighted by Crippen LogP contribution is -2.38. The number of anilines is 1. The molecule has 1 N–H and O–H groups in total. The lowest BCUT2D eigenvalue weighted by Gasteiger charge is -2.29. The lowest BCUT2D eigenvalue weighted by atomic mass is 9.77. The molecule has 0 heterocycles. The van der Waals surface area contributed by atoms with Crippen LogP contribution < -0.4 is 10.1 Å². The zero-order valence-corrected chi connectivity index (χ0v) is 17.3. The molecule has 1 fully saturated rings. The molecule has 1 saturated carbocycles. The topological polar surface area (TPSA) is 38.3 Å². The van der Waals surface area contributed by atoms with Crippen molar-refractivity contribution in [2.75, 3.05) is 11.9 Å². The first-order valence-electron chi connectivity index (χ1n) is 10.7. The highest BCUT2D eigenvalue weighted by molar-refractivity contribution is 6.07. The SMILES string of the molecule is CCCOc1ccc(NC(=O)C2(c3cccc(C)c3)CCCC2)c2ccccc12. The van der Waals surface area contributed by atoms with E-state index in [-0.39, 0.29) is 5.91 Å². The summed E-state index contributed by atoms with van der Waals surface area (Å²) in [5.74, 6) is 0.975. The number of fused-ring (bicyclic) bond motifs is 1. The van der Waals surface area contributed by atoms with Crippen LogP contribution in [0.25, 0.3) is 10.8 Å². The molecule has 0 unspecified atom stereocenters. The van der Waals surface area contributed by atoms with Gasteiger partial charge in [-0.25, -0.2) is 0 Å². The molecule has 3 aromatic rings. The van der Waals surface area contributed by atoms with Gasteiger partial charge in [0, 0.05) is 16.5 Å². The standard InChI is InChI=1S/C26H29NO2/c1-3-17-29-24-14-13-23(21-11-4-5-12-22(21)24)27-25(28)26(15-6-7-16-26)20-10-8-9-19(2)18-20/h4-5,8-14,18H,3,6-7,15-17H2,1-2H3,(H,27,28). The maximum Gasteiger partial charge on any atom is 0.235 e. The normalized spacial score (nSPS) is 15.4. The number of amides is 1. The van der Waals surface area contributed by atoms with E-state index in [0.29, 0.717) is 6.61 Å². The second-order valence-electron chi connectivity index (χ2n) is 8.12. The number of carbonyl (C=O) groups is 1. The minimum Gasteiger partial charge on any atom is -0.493 e. The van der Waals surface area contributed by atoms with Gasteiger partial charge in [-0.1, -0.05) is 73.9 Å². The summed E-state index contributed by atoms with van der Waals surface area (Å²) in [4.78, 5) is 13.6. The Morgan fingerprint density at radius 2 is 1.76 bits per heavy atom. The van der Waals surface area contributed by atoms with Gasteiger partial charge >= 0.3 is 0 Å². The van der Waals surface area contributed by atoms with Crippen LogP contribution >= 0.6 is 0 Å². The van der Waals surface area contributed by atoms with E-state index in [0.717, 1.165) is 59.9 Å². The number of nitrogens with one attached hydrogen (secondary N) is 1. The van der Waals surface area contributed by atoms with Crippen LogP contribution in [0.1, 0.15) is 50.2 Å². The van der Waals surface area contributed by atoms with E-state index in [4.69, 9.17) is 4.74 Å². The number of ether oxygens (including phenoxy) is 1. The number of carbonyl (C=O) groups excluding carboxylic acids is 1. The fourth-order valence-electron chi connectivity index (χ4n) is 4.53. The van der Waals surface area contributed by atoms with Crippen LogP contribution in [-0.2, 0) is 10.2 Å². The van der Waals surface area contributed by atoms with Crippen LogP contribution in [0.2, 0.25) is 0 Å². The van der Waals surface area contributed by atoms with Gasteiger partial charge in [-0.3, -0.25) is 4.79 Å². The Kier molecular flexibility index (Phi) is 5.57. The molecule has 1 aliphatic rings. The summed E-state index contributed by atoms with van der Waals surface area (Å²) in [6.07, 6.45) is 4.94. The molecule has 0 spiro atoms. The first kappa shape index (κ1) is 19.5. The van der Waals surface area contributed by atoms with Crippen molar-refractivity contribution in [2.45, 2.75) is 51.4 Å². The second kappa shape index (κ2) is 8.28. The minimum atomic E-state index is -0.440. The number of hydrogen-bond donors (Lipinski definition) is 1. The average molecular weight is 388 g/mol. The molecule has 1 aliphatic carbocycles. The minimum absolute atomic E-state index is 0.105. The van der Waals surface area contributed by atoms with Gasteiger partial charge in [0.1, 0.15) is 5.75 Å². The summed E-state index contributed by atoms with van der Waals surface area (Å²) in [6, 6.07) is 20.5. The number of aryl methyl sites for hydroxylation is 1. The predicted molar refractivity (Wildman–Crippen MR) is 120 cm³/mol. The Bertz CT molecular complexity index is 1020. The van der Waals surface area contributed by atoms with Gasteiger partial charge in [0.15, 0.2) is 0 Å². The van der Waals surface area contributed by atoms with Crippen molar-refractivity contribution >= 4 is 22.4 Å². The third-order valence-corrected chi connectivity index (χ3v) is 6.06. The zero-order valence-electron chi connectivity index (χ0n) is 17.3. The summed E-state index contributed by atoms with van der Waals surface area (Å²) in [7, 11) is 0. The highest BCUT2D eigenvalue weighted by atomic mass is 16.5. The third-order valence-electron chi connectivity index (χ3n) is 6.06. The monoisotopic (exact) mass is 387 g/mol. The third kappa shape index (κ3) is 3.74. The van der Waals surface area contributed by atoms with Crippen molar-refractivity contribution in [1.82, 2.24) is 0 Å². The van der Waals surface area contributed by atoms with Crippen LogP contribution in [-0.4, -0.2) is 12.5 Å². The highest BCUT2D eigenvalue weighted by Gasteiger charge is 2.42. The molecule has 29 heavy (non-hydrogen) atoms. The fourth-order valence-corrected chi connectivity index (χ4v) is 4.53. The first-order valence-corrected chi connectivity index (χ1v) is 10.7. The van der Waals surface area contributed by atoms with Gasteiger partial charge in [-0.15, -0.1) is 0 Å². The van der Waals surface area contributed by atoms with E-state index < -0.39 is 5.41 Å². The number of hydrogen-bond acceptors (Lipinski definition) is 2. The fraction of sp³-hybridized carbons (Fsp3) is 0.346. The van der Waals surface area contributed by atoms with Gasteiger partial charge in [0.05, 0.1) is 12.0 Å². The van der Waals surface area contributed by atoms with E-state index in [9.17, 15) is 4.79 Å². The summed E-state index contributed by atoms with van der Waals surface area (Å²) in [5.41, 5.74) is 2.75. The molecule has 0 radical (unpaired) electrons. The van der Waals surface area contributed by atoms with E-state index >= 15 is 0 Å². The van der Waals surface area contributed by atoms with Gasteiger partial charge in [0.25, 0.3) is 0 Å². The van der Waals surface area contributed by atoms with Gasteiger partial charge < -0.3 is 10.1 Å². The molecule has 0 bridgehead atoms. The van der Waals surface area contributed by atoms with Crippen molar-refractivity contribution in [3.05, 3.63) is 71.8 Å². The molecule has 3 heteroatoms. The van der Waals surface area contributed by atoms with E-state index in [1.807, 2.05) is 24.3 Å². The van der Waals surface area contributed by atoms with E-state index in [1.54, 1.807) is 0 Å². The maximum atomic E-state index is 13.6. The molecule has 0 aromatic heterocycles. The molecular weight excluding hydrogens is 358 g/mol. The Balaban J connectivity index is 1.69. The molecule has 3 aromatic carbocycles. The van der Waals surface area contributed by atoms with Crippen molar-refractivity contribution in [2.24, 2.45) is 0 Å². The predicted octanol–water partition coefficient (Wildman–Crippen LogP) is 6.39. The lowest BCUT2D eigenvalue weighted by molar-refractivity contribution is -0.121. The Morgan fingerprint density at radius 3 is 2.48 bits per heavy atom. The van der Waals surface area contributed by atoms with Crippen molar-refractivity contribution in [3.8, 4) is 5.75 Å². The second-order valence-corrected chi connectivity index (χ2v) is 8.12. The quantitative estimate of drug-likeness (QED) is 0.532. The first-order chi connectivity index (χ1) is 14.1. The molecule has 1 amide bonds. The summed E-state index contributed by atoms with van der Waals surface area (Å²) < 4.78 is 5.92. The Morgan fingerprint density at radius 1 is 1.00 bits per heavy atom. The maximum absolute atomic E-state index is 13.6. The molecule has 0 aliphatic heterocycles.